The summed E-state index contributed by atoms with van der Waals surface area (Å²) in [4.78, 5) is 17.0. The van der Waals surface area contributed by atoms with Crippen molar-refractivity contribution in [3.05, 3.63) is 58.6 Å². The Morgan fingerprint density at radius 2 is 1.69 bits per heavy atom. The van der Waals surface area contributed by atoms with Gasteiger partial charge in [-0.1, -0.05) is 29.8 Å². The highest BCUT2D eigenvalue weighted by Crippen LogP contribution is 2.28. The van der Waals surface area contributed by atoms with E-state index in [1.54, 1.807) is 32.4 Å². The first-order chi connectivity index (χ1) is 12.6. The van der Waals surface area contributed by atoms with E-state index in [2.05, 4.69) is 4.90 Å². The summed E-state index contributed by atoms with van der Waals surface area (Å²) in [5.74, 6) is 1.20. The molecular weight excluding hydrogens is 352 g/mol. The minimum Gasteiger partial charge on any atom is -0.493 e. The van der Waals surface area contributed by atoms with E-state index in [1.807, 2.05) is 29.2 Å². The Morgan fingerprint density at radius 3 is 2.35 bits per heavy atom. The third-order valence-corrected chi connectivity index (χ3v) is 5.01. The number of methoxy groups -OCH3 is 2. The number of carbonyl (C=O) groups is 1. The van der Waals surface area contributed by atoms with Crippen LogP contribution in [0.5, 0.6) is 11.5 Å². The van der Waals surface area contributed by atoms with Gasteiger partial charge in [0.2, 0.25) is 0 Å². The maximum atomic E-state index is 12.8. The van der Waals surface area contributed by atoms with Gasteiger partial charge in [0.1, 0.15) is 0 Å². The Hall–Kier alpha value is -2.24. The van der Waals surface area contributed by atoms with Crippen LogP contribution < -0.4 is 9.47 Å². The summed E-state index contributed by atoms with van der Waals surface area (Å²) in [5.41, 5.74) is 1.73. The molecular formula is C20H23ClN2O3. The molecule has 3 rings (SSSR count). The molecule has 0 N–H and O–H groups in total. The van der Waals surface area contributed by atoms with Gasteiger partial charge < -0.3 is 14.4 Å². The predicted octanol–water partition coefficient (Wildman–Crippen LogP) is 3.32. The standard InChI is InChI=1S/C20H23ClN2O3/c1-25-18-8-7-15(13-19(18)26-2)20(24)23-11-9-22(10-12-23)14-16-5-3-4-6-17(16)21/h3-8,13H,9-12,14H2,1-2H3. The van der Waals surface area contributed by atoms with Crippen molar-refractivity contribution in [3.63, 3.8) is 0 Å². The van der Waals surface area contributed by atoms with Crippen LogP contribution in [0.4, 0.5) is 0 Å². The summed E-state index contributed by atoms with van der Waals surface area (Å²) in [5, 5.41) is 0.788. The first-order valence-electron chi connectivity index (χ1n) is 8.59. The fourth-order valence-electron chi connectivity index (χ4n) is 3.13. The number of halogens is 1. The van der Waals surface area contributed by atoms with Crippen LogP contribution in [-0.2, 0) is 6.54 Å². The molecule has 0 atom stereocenters. The lowest BCUT2D eigenvalue weighted by Crippen LogP contribution is -2.48. The van der Waals surface area contributed by atoms with E-state index in [9.17, 15) is 4.79 Å². The number of hydrogen-bond donors (Lipinski definition) is 0. The molecule has 6 heteroatoms. The zero-order chi connectivity index (χ0) is 18.5. The minimum absolute atomic E-state index is 0.0170. The fraction of sp³-hybridized carbons (Fsp3) is 0.350. The quantitative estimate of drug-likeness (QED) is 0.805. The van der Waals surface area contributed by atoms with Crippen LogP contribution in [0.2, 0.25) is 5.02 Å². The maximum absolute atomic E-state index is 12.8. The molecule has 1 aliphatic heterocycles. The Bertz CT molecular complexity index is 773. The van der Waals surface area contributed by atoms with Crippen LogP contribution in [0, 0.1) is 0 Å². The molecule has 0 aromatic heterocycles. The number of benzene rings is 2. The molecule has 1 saturated heterocycles. The minimum atomic E-state index is 0.0170. The van der Waals surface area contributed by atoms with Crippen molar-refractivity contribution in [3.8, 4) is 11.5 Å². The van der Waals surface area contributed by atoms with Crippen molar-refractivity contribution in [2.45, 2.75) is 6.54 Å². The molecule has 1 amide bonds. The smallest absolute Gasteiger partial charge is 0.254 e. The zero-order valence-corrected chi connectivity index (χ0v) is 15.8. The van der Waals surface area contributed by atoms with Gasteiger partial charge in [-0.3, -0.25) is 9.69 Å². The molecule has 0 bridgehead atoms. The molecule has 2 aromatic rings. The third-order valence-electron chi connectivity index (χ3n) is 4.64. The average molecular weight is 375 g/mol. The van der Waals surface area contributed by atoms with Crippen molar-refractivity contribution in [2.75, 3.05) is 40.4 Å². The molecule has 0 aliphatic carbocycles. The van der Waals surface area contributed by atoms with E-state index in [0.717, 1.165) is 30.2 Å². The monoisotopic (exact) mass is 374 g/mol. The van der Waals surface area contributed by atoms with Crippen molar-refractivity contribution >= 4 is 17.5 Å². The van der Waals surface area contributed by atoms with Gasteiger partial charge in [0.05, 0.1) is 14.2 Å². The van der Waals surface area contributed by atoms with Gasteiger partial charge in [0.15, 0.2) is 11.5 Å². The van der Waals surface area contributed by atoms with Crippen LogP contribution >= 0.6 is 11.6 Å². The van der Waals surface area contributed by atoms with E-state index in [-0.39, 0.29) is 5.91 Å². The number of ether oxygens (including phenoxy) is 2. The Labute approximate surface area is 159 Å². The molecule has 138 valence electrons. The molecule has 1 heterocycles. The number of hydrogen-bond acceptors (Lipinski definition) is 4. The summed E-state index contributed by atoms with van der Waals surface area (Å²) >= 11 is 6.24. The van der Waals surface area contributed by atoms with Gasteiger partial charge >= 0.3 is 0 Å². The number of carbonyl (C=O) groups excluding carboxylic acids is 1. The zero-order valence-electron chi connectivity index (χ0n) is 15.1. The van der Waals surface area contributed by atoms with Crippen molar-refractivity contribution in [2.24, 2.45) is 0 Å². The van der Waals surface area contributed by atoms with Crippen molar-refractivity contribution in [1.29, 1.82) is 0 Å². The maximum Gasteiger partial charge on any atom is 0.254 e. The van der Waals surface area contributed by atoms with Crippen LogP contribution in [0.3, 0.4) is 0 Å². The lowest BCUT2D eigenvalue weighted by Gasteiger charge is -2.35. The molecule has 1 aliphatic rings. The molecule has 1 fully saturated rings. The molecule has 2 aromatic carbocycles. The molecule has 0 radical (unpaired) electrons. The normalized spacial score (nSPS) is 15.0. The van der Waals surface area contributed by atoms with E-state index in [4.69, 9.17) is 21.1 Å². The van der Waals surface area contributed by atoms with E-state index in [0.29, 0.717) is 30.2 Å². The van der Waals surface area contributed by atoms with Crippen LogP contribution in [0.15, 0.2) is 42.5 Å². The largest absolute Gasteiger partial charge is 0.493 e. The van der Waals surface area contributed by atoms with Crippen molar-refractivity contribution in [1.82, 2.24) is 9.80 Å². The van der Waals surface area contributed by atoms with E-state index in [1.165, 1.54) is 0 Å². The summed E-state index contributed by atoms with van der Waals surface area (Å²) in [6.07, 6.45) is 0. The summed E-state index contributed by atoms with van der Waals surface area (Å²) in [7, 11) is 3.15. The van der Waals surface area contributed by atoms with E-state index >= 15 is 0 Å². The molecule has 0 unspecified atom stereocenters. The Morgan fingerprint density at radius 1 is 1.00 bits per heavy atom. The van der Waals surface area contributed by atoms with Crippen LogP contribution in [-0.4, -0.2) is 56.1 Å². The first-order valence-corrected chi connectivity index (χ1v) is 8.97. The Balaban J connectivity index is 1.61. The fourth-order valence-corrected chi connectivity index (χ4v) is 3.32. The second-order valence-electron chi connectivity index (χ2n) is 6.23. The van der Waals surface area contributed by atoms with Crippen molar-refractivity contribution < 1.29 is 14.3 Å². The summed E-state index contributed by atoms with van der Waals surface area (Å²) in [6.45, 7) is 3.84. The van der Waals surface area contributed by atoms with Gasteiger partial charge in [-0.25, -0.2) is 0 Å². The topological polar surface area (TPSA) is 42.0 Å². The molecule has 5 nitrogen and oxygen atoms in total. The number of piperazine rings is 1. The average Bonchev–Trinajstić information content (AvgIpc) is 2.69. The lowest BCUT2D eigenvalue weighted by atomic mass is 10.1. The first kappa shape index (κ1) is 18.5. The molecule has 0 saturated carbocycles. The lowest BCUT2D eigenvalue weighted by molar-refractivity contribution is 0.0628. The highest BCUT2D eigenvalue weighted by Gasteiger charge is 2.23. The summed E-state index contributed by atoms with van der Waals surface area (Å²) in [6, 6.07) is 13.2. The molecule has 26 heavy (non-hydrogen) atoms. The Kier molecular flexibility index (Phi) is 6.01. The van der Waals surface area contributed by atoms with E-state index < -0.39 is 0 Å². The SMILES string of the molecule is COc1ccc(C(=O)N2CCN(Cc3ccccc3Cl)CC2)cc1OC. The van der Waals surface area contributed by atoms with Gasteiger partial charge in [0, 0.05) is 43.3 Å². The highest BCUT2D eigenvalue weighted by atomic mass is 35.5. The highest BCUT2D eigenvalue weighted by molar-refractivity contribution is 6.31. The number of nitrogens with zero attached hydrogens (tertiary/aromatic N) is 2. The van der Waals surface area contributed by atoms with Gasteiger partial charge in [-0.05, 0) is 29.8 Å². The van der Waals surface area contributed by atoms with Gasteiger partial charge in [0.25, 0.3) is 5.91 Å². The van der Waals surface area contributed by atoms with Gasteiger partial charge in [-0.2, -0.15) is 0 Å². The number of amides is 1. The van der Waals surface area contributed by atoms with Gasteiger partial charge in [-0.15, -0.1) is 0 Å². The predicted molar refractivity (Wildman–Crippen MR) is 102 cm³/mol. The van der Waals surface area contributed by atoms with Crippen LogP contribution in [0.1, 0.15) is 15.9 Å². The second kappa shape index (κ2) is 8.43. The van der Waals surface area contributed by atoms with Crippen LogP contribution in [0.25, 0.3) is 0 Å². The number of rotatable bonds is 5. The second-order valence-corrected chi connectivity index (χ2v) is 6.64. The third kappa shape index (κ3) is 4.11. The molecule has 0 spiro atoms. The summed E-state index contributed by atoms with van der Waals surface area (Å²) < 4.78 is 10.5.